The number of methoxy groups -OCH3 is 4. The van der Waals surface area contributed by atoms with Gasteiger partial charge in [-0.05, 0) is 25.1 Å². The lowest BCUT2D eigenvalue weighted by atomic mass is 10.2. The number of azo groups is 1. The van der Waals surface area contributed by atoms with E-state index in [-0.39, 0.29) is 21.4 Å². The van der Waals surface area contributed by atoms with Crippen LogP contribution in [0.3, 0.4) is 0 Å². The Morgan fingerprint density at radius 1 is 0.935 bits per heavy atom. The number of hydrogen-bond donors (Lipinski definition) is 1. The lowest BCUT2D eigenvalue weighted by molar-refractivity contribution is -0.126. The Bertz CT molecular complexity index is 1010. The van der Waals surface area contributed by atoms with Crippen molar-refractivity contribution in [1.29, 1.82) is 0 Å². The van der Waals surface area contributed by atoms with Gasteiger partial charge in [-0.25, -0.2) is 0 Å². The van der Waals surface area contributed by atoms with Crippen LogP contribution in [0.5, 0.6) is 23.0 Å². The number of amides is 1. The molecule has 0 aliphatic rings. The highest BCUT2D eigenvalue weighted by atomic mass is 35.5. The number of Topliss-reactive ketones (excluding diaryl/α,β-unsaturated/α-hetero) is 1. The van der Waals surface area contributed by atoms with E-state index in [2.05, 4.69) is 15.5 Å². The van der Waals surface area contributed by atoms with Crippen LogP contribution in [-0.2, 0) is 9.59 Å². The molecule has 0 saturated heterocycles. The molecule has 0 aliphatic carbocycles. The third kappa shape index (κ3) is 5.56. The number of carbonyl (C=O) groups excluding carboxylic acids is 2. The number of ether oxygens (including phenoxy) is 4. The molecule has 166 valence electrons. The summed E-state index contributed by atoms with van der Waals surface area (Å²) >= 11 is 12.4. The number of ketones is 1. The van der Waals surface area contributed by atoms with Gasteiger partial charge in [0.25, 0.3) is 5.91 Å². The van der Waals surface area contributed by atoms with Gasteiger partial charge in [0.05, 0.1) is 33.5 Å². The molecule has 11 heteroatoms. The topological polar surface area (TPSA) is 108 Å². The van der Waals surface area contributed by atoms with Gasteiger partial charge in [0.1, 0.15) is 22.2 Å². The van der Waals surface area contributed by atoms with Crippen LogP contribution in [0.4, 0.5) is 11.4 Å². The van der Waals surface area contributed by atoms with Crippen LogP contribution in [0, 0.1) is 0 Å². The normalized spacial score (nSPS) is 11.7. The smallest absolute Gasteiger partial charge is 0.258 e. The van der Waals surface area contributed by atoms with E-state index in [1.165, 1.54) is 47.5 Å². The largest absolute Gasteiger partial charge is 0.495 e. The minimum Gasteiger partial charge on any atom is -0.495 e. The monoisotopic (exact) mass is 469 g/mol. The van der Waals surface area contributed by atoms with E-state index in [0.717, 1.165) is 0 Å². The standard InChI is InChI=1S/C20H21Cl2N3O6/c1-10(26)17(24-25-18-14(29-3)7-6-13(28-2)16(18)22)20(27)23-11-8-12(21)19(31-5)15(9-11)30-4/h6-9,17H,1-5H3,(H,23,27). The summed E-state index contributed by atoms with van der Waals surface area (Å²) in [6.45, 7) is 1.22. The van der Waals surface area contributed by atoms with Gasteiger partial charge < -0.3 is 24.3 Å². The van der Waals surface area contributed by atoms with E-state index in [1.54, 1.807) is 12.1 Å². The van der Waals surface area contributed by atoms with Crippen LogP contribution < -0.4 is 24.3 Å². The van der Waals surface area contributed by atoms with Crippen molar-refractivity contribution in [2.75, 3.05) is 33.8 Å². The zero-order valence-electron chi connectivity index (χ0n) is 17.5. The Kier molecular flexibility index (Phi) is 8.47. The molecule has 0 saturated carbocycles. The van der Waals surface area contributed by atoms with E-state index in [0.29, 0.717) is 23.0 Å². The van der Waals surface area contributed by atoms with E-state index in [4.69, 9.17) is 42.1 Å². The molecule has 0 bridgehead atoms. The second kappa shape index (κ2) is 10.8. The fraction of sp³-hybridized carbons (Fsp3) is 0.300. The summed E-state index contributed by atoms with van der Waals surface area (Å²) in [5, 5.41) is 10.8. The van der Waals surface area contributed by atoms with Crippen molar-refractivity contribution in [2.45, 2.75) is 13.0 Å². The van der Waals surface area contributed by atoms with Crippen LogP contribution in [0.25, 0.3) is 0 Å². The number of benzene rings is 2. The van der Waals surface area contributed by atoms with E-state index in [9.17, 15) is 9.59 Å². The first kappa shape index (κ1) is 24.2. The molecule has 1 N–H and O–H groups in total. The highest BCUT2D eigenvalue weighted by Gasteiger charge is 2.25. The van der Waals surface area contributed by atoms with E-state index >= 15 is 0 Å². The summed E-state index contributed by atoms with van der Waals surface area (Å²) in [6, 6.07) is 4.68. The number of rotatable bonds is 9. The summed E-state index contributed by atoms with van der Waals surface area (Å²) in [5.41, 5.74) is 0.405. The molecular formula is C20H21Cl2N3O6. The third-order valence-electron chi connectivity index (χ3n) is 4.09. The summed E-state index contributed by atoms with van der Waals surface area (Å²) in [7, 11) is 5.73. The fourth-order valence-corrected chi connectivity index (χ4v) is 3.14. The molecule has 0 aliphatic heterocycles. The highest BCUT2D eigenvalue weighted by molar-refractivity contribution is 6.34. The number of nitrogens with zero attached hydrogens (tertiary/aromatic N) is 2. The molecule has 1 unspecified atom stereocenters. The maximum atomic E-state index is 12.7. The van der Waals surface area contributed by atoms with Crippen molar-refractivity contribution in [3.05, 3.63) is 34.3 Å². The second-order valence-corrected chi connectivity index (χ2v) is 6.83. The molecule has 0 fully saturated rings. The Hall–Kier alpha value is -3.04. The molecular weight excluding hydrogens is 449 g/mol. The quantitative estimate of drug-likeness (QED) is 0.420. The van der Waals surface area contributed by atoms with Gasteiger partial charge in [-0.1, -0.05) is 23.2 Å². The van der Waals surface area contributed by atoms with Crippen molar-refractivity contribution in [3.63, 3.8) is 0 Å². The zero-order valence-corrected chi connectivity index (χ0v) is 19.0. The number of nitrogens with one attached hydrogen (secondary N) is 1. The fourth-order valence-electron chi connectivity index (χ4n) is 2.58. The number of carbonyl (C=O) groups is 2. The summed E-state index contributed by atoms with van der Waals surface area (Å²) in [6.07, 6.45) is 0. The average molecular weight is 470 g/mol. The van der Waals surface area contributed by atoms with Gasteiger partial charge in [-0.2, -0.15) is 5.11 Å². The lowest BCUT2D eigenvalue weighted by Crippen LogP contribution is -2.31. The van der Waals surface area contributed by atoms with Crippen LogP contribution in [0.15, 0.2) is 34.5 Å². The van der Waals surface area contributed by atoms with Gasteiger partial charge in [-0.15, -0.1) is 5.11 Å². The Morgan fingerprint density at radius 3 is 2.10 bits per heavy atom. The predicted octanol–water partition coefficient (Wildman–Crippen LogP) is 4.71. The first-order valence-electron chi connectivity index (χ1n) is 8.81. The zero-order chi connectivity index (χ0) is 23.1. The van der Waals surface area contributed by atoms with Crippen molar-refractivity contribution in [2.24, 2.45) is 10.2 Å². The first-order valence-corrected chi connectivity index (χ1v) is 9.57. The molecule has 2 rings (SSSR count). The van der Waals surface area contributed by atoms with Crippen molar-refractivity contribution in [1.82, 2.24) is 0 Å². The van der Waals surface area contributed by atoms with Gasteiger partial charge in [0.15, 0.2) is 17.3 Å². The molecule has 2 aromatic carbocycles. The van der Waals surface area contributed by atoms with E-state index < -0.39 is 17.7 Å². The third-order valence-corrected chi connectivity index (χ3v) is 4.74. The molecule has 0 aromatic heterocycles. The Morgan fingerprint density at radius 2 is 1.55 bits per heavy atom. The summed E-state index contributed by atoms with van der Waals surface area (Å²) in [5.74, 6) is -0.0172. The molecule has 0 heterocycles. The SMILES string of the molecule is COc1ccc(OC)c(N=NC(C(C)=O)C(=O)Nc2cc(Cl)c(OC)c(OC)c2)c1Cl. The van der Waals surface area contributed by atoms with Gasteiger partial charge in [0, 0.05) is 11.8 Å². The number of halogens is 2. The maximum absolute atomic E-state index is 12.7. The second-order valence-electron chi connectivity index (χ2n) is 6.04. The van der Waals surface area contributed by atoms with Crippen LogP contribution in [0.2, 0.25) is 10.0 Å². The van der Waals surface area contributed by atoms with Gasteiger partial charge in [-0.3, -0.25) is 9.59 Å². The van der Waals surface area contributed by atoms with E-state index in [1.807, 2.05) is 0 Å². The summed E-state index contributed by atoms with van der Waals surface area (Å²) < 4.78 is 20.7. The Balaban J connectivity index is 2.35. The average Bonchev–Trinajstić information content (AvgIpc) is 2.73. The number of anilines is 1. The van der Waals surface area contributed by atoms with Crippen LogP contribution in [0.1, 0.15) is 6.92 Å². The van der Waals surface area contributed by atoms with Crippen molar-refractivity contribution in [3.8, 4) is 23.0 Å². The highest BCUT2D eigenvalue weighted by Crippen LogP contribution is 2.42. The van der Waals surface area contributed by atoms with Crippen LogP contribution >= 0.6 is 23.2 Å². The van der Waals surface area contributed by atoms with Crippen LogP contribution in [-0.4, -0.2) is 46.2 Å². The summed E-state index contributed by atoms with van der Waals surface area (Å²) in [4.78, 5) is 24.8. The molecule has 9 nitrogen and oxygen atoms in total. The molecule has 1 amide bonds. The molecule has 31 heavy (non-hydrogen) atoms. The minimum atomic E-state index is -1.45. The van der Waals surface area contributed by atoms with Crippen molar-refractivity contribution < 1.29 is 28.5 Å². The van der Waals surface area contributed by atoms with Gasteiger partial charge in [0.2, 0.25) is 6.04 Å². The van der Waals surface area contributed by atoms with Crippen molar-refractivity contribution >= 4 is 46.3 Å². The lowest BCUT2D eigenvalue weighted by Gasteiger charge is -2.14. The molecule has 1 atom stereocenters. The maximum Gasteiger partial charge on any atom is 0.258 e. The molecule has 0 radical (unpaired) electrons. The minimum absolute atomic E-state index is 0.122. The Labute approximate surface area is 189 Å². The number of hydrogen-bond acceptors (Lipinski definition) is 8. The van der Waals surface area contributed by atoms with Gasteiger partial charge >= 0.3 is 0 Å². The molecule has 2 aromatic rings. The molecule has 0 spiro atoms. The predicted molar refractivity (Wildman–Crippen MR) is 117 cm³/mol. The first-order chi connectivity index (χ1) is 14.8.